The summed E-state index contributed by atoms with van der Waals surface area (Å²) >= 11 is 0. The third-order valence-electron chi connectivity index (χ3n) is 3.08. The number of nitrogens with zero attached hydrogens (tertiary/aromatic N) is 4. The molecule has 0 bridgehead atoms. The number of aromatic nitrogens is 4. The van der Waals surface area contributed by atoms with Gasteiger partial charge in [0.15, 0.2) is 11.5 Å². The van der Waals surface area contributed by atoms with Crippen LogP contribution in [0, 0.1) is 0 Å². The Morgan fingerprint density at radius 3 is 3.00 bits per heavy atom. The second-order valence-corrected chi connectivity index (χ2v) is 4.20. The van der Waals surface area contributed by atoms with E-state index in [4.69, 9.17) is 15.6 Å². The van der Waals surface area contributed by atoms with Crippen LogP contribution in [0.1, 0.15) is 12.6 Å². The van der Waals surface area contributed by atoms with E-state index in [1.54, 1.807) is 10.9 Å². The Bertz CT molecular complexity index is 572. The largest absolute Gasteiger partial charge is 0.394 e. The van der Waals surface area contributed by atoms with Crippen molar-refractivity contribution in [3.63, 3.8) is 0 Å². The van der Waals surface area contributed by atoms with E-state index in [0.717, 1.165) is 0 Å². The van der Waals surface area contributed by atoms with E-state index in [1.807, 2.05) is 0 Å². The van der Waals surface area contributed by atoms with Crippen LogP contribution in [0.3, 0.4) is 0 Å². The molecule has 0 saturated carbocycles. The quantitative estimate of drug-likeness (QED) is 0.592. The van der Waals surface area contributed by atoms with Crippen LogP contribution in [0.15, 0.2) is 12.7 Å². The van der Waals surface area contributed by atoms with Gasteiger partial charge >= 0.3 is 0 Å². The number of nitrogen functional groups attached to an aromatic ring is 1. The van der Waals surface area contributed by atoms with E-state index < -0.39 is 18.4 Å². The van der Waals surface area contributed by atoms with Gasteiger partial charge in [0.2, 0.25) is 0 Å². The van der Waals surface area contributed by atoms with Gasteiger partial charge in [-0.25, -0.2) is 15.0 Å². The molecule has 3 heterocycles. The molecular weight excluding hydrogens is 242 g/mol. The van der Waals surface area contributed by atoms with Gasteiger partial charge in [-0.15, -0.1) is 0 Å². The molecule has 3 atom stereocenters. The third kappa shape index (κ3) is 1.62. The van der Waals surface area contributed by atoms with E-state index in [2.05, 4.69) is 15.0 Å². The second kappa shape index (κ2) is 4.16. The van der Waals surface area contributed by atoms with Crippen molar-refractivity contribution in [2.24, 2.45) is 0 Å². The van der Waals surface area contributed by atoms with E-state index in [0.29, 0.717) is 23.4 Å². The molecule has 3 rings (SSSR count). The minimum absolute atomic E-state index is 0.221. The van der Waals surface area contributed by atoms with E-state index in [1.165, 1.54) is 6.33 Å². The van der Waals surface area contributed by atoms with Gasteiger partial charge in [-0.1, -0.05) is 0 Å². The van der Waals surface area contributed by atoms with Gasteiger partial charge in [0.05, 0.1) is 19.0 Å². The number of ether oxygens (including phenoxy) is 1. The Kier molecular flexibility index (Phi) is 2.62. The number of aliphatic hydroxyl groups is 2. The van der Waals surface area contributed by atoms with Crippen molar-refractivity contribution in [1.82, 2.24) is 19.5 Å². The van der Waals surface area contributed by atoms with Gasteiger partial charge in [-0.2, -0.15) is 0 Å². The van der Waals surface area contributed by atoms with Crippen LogP contribution in [-0.4, -0.2) is 48.5 Å². The van der Waals surface area contributed by atoms with Crippen molar-refractivity contribution in [2.75, 3.05) is 12.3 Å². The lowest BCUT2D eigenvalue weighted by Gasteiger charge is -2.13. The zero-order valence-corrected chi connectivity index (χ0v) is 9.47. The van der Waals surface area contributed by atoms with E-state index >= 15 is 0 Å². The predicted octanol–water partition coefficient (Wildman–Crippen LogP) is -0.951. The molecule has 2 aromatic heterocycles. The van der Waals surface area contributed by atoms with Crippen LogP contribution in [-0.2, 0) is 4.74 Å². The first-order valence-corrected chi connectivity index (χ1v) is 5.58. The molecule has 8 nitrogen and oxygen atoms in total. The molecule has 1 aliphatic rings. The summed E-state index contributed by atoms with van der Waals surface area (Å²) in [5.74, 6) is 0.302. The van der Waals surface area contributed by atoms with Gasteiger partial charge in [0, 0.05) is 6.42 Å². The molecule has 0 radical (unpaired) electrons. The molecular formula is C10H13N5O3. The van der Waals surface area contributed by atoms with Gasteiger partial charge < -0.3 is 20.7 Å². The van der Waals surface area contributed by atoms with E-state index in [-0.39, 0.29) is 6.61 Å². The van der Waals surface area contributed by atoms with Crippen molar-refractivity contribution in [2.45, 2.75) is 24.9 Å². The second-order valence-electron chi connectivity index (χ2n) is 4.20. The minimum atomic E-state index is -0.698. The summed E-state index contributed by atoms with van der Waals surface area (Å²) in [6, 6.07) is 0. The Morgan fingerprint density at radius 1 is 1.44 bits per heavy atom. The number of imidazole rings is 1. The highest BCUT2D eigenvalue weighted by Crippen LogP contribution is 2.30. The first kappa shape index (κ1) is 11.3. The third-order valence-corrected chi connectivity index (χ3v) is 3.08. The molecule has 1 fully saturated rings. The van der Waals surface area contributed by atoms with Gasteiger partial charge in [-0.3, -0.25) is 4.57 Å². The number of hydrogen-bond donors (Lipinski definition) is 3. The zero-order valence-electron chi connectivity index (χ0n) is 9.47. The summed E-state index contributed by atoms with van der Waals surface area (Å²) in [5, 5.41) is 18.8. The summed E-state index contributed by atoms with van der Waals surface area (Å²) < 4.78 is 7.22. The maximum atomic E-state index is 9.71. The topological polar surface area (TPSA) is 119 Å². The molecule has 1 aliphatic heterocycles. The Labute approximate surface area is 102 Å². The van der Waals surface area contributed by atoms with Crippen LogP contribution < -0.4 is 5.73 Å². The zero-order chi connectivity index (χ0) is 12.7. The highest BCUT2D eigenvalue weighted by Gasteiger charge is 2.35. The van der Waals surface area contributed by atoms with Crippen molar-refractivity contribution in [3.8, 4) is 0 Å². The highest BCUT2D eigenvalue weighted by molar-refractivity contribution is 5.81. The SMILES string of the molecule is Nc1n[13cH]nc2c1ncn2[13C@H]1[13CH2][C@H](O)[C@@H]([13CH2]O)O1. The molecule has 8 heteroatoms. The average Bonchev–Trinajstić information content (AvgIpc) is 2.93. The predicted molar refractivity (Wildman–Crippen MR) is 61.4 cm³/mol. The highest BCUT2D eigenvalue weighted by atomic mass is 16.6. The van der Waals surface area contributed by atoms with Gasteiger partial charge in [0.25, 0.3) is 0 Å². The number of anilines is 1. The monoisotopic (exact) mass is 255 g/mol. The van der Waals surface area contributed by atoms with Crippen LogP contribution in [0.2, 0.25) is 0 Å². The molecule has 0 spiro atoms. The van der Waals surface area contributed by atoms with Crippen molar-refractivity contribution < 1.29 is 14.9 Å². The summed E-state index contributed by atoms with van der Waals surface area (Å²) in [6.45, 7) is -0.221. The average molecular weight is 255 g/mol. The van der Waals surface area contributed by atoms with Crippen molar-refractivity contribution in [1.29, 1.82) is 0 Å². The van der Waals surface area contributed by atoms with Crippen LogP contribution in [0.5, 0.6) is 0 Å². The molecule has 0 unspecified atom stereocenters. The first-order valence-electron chi connectivity index (χ1n) is 5.58. The van der Waals surface area contributed by atoms with Crippen molar-refractivity contribution >= 4 is 17.0 Å². The summed E-state index contributed by atoms with van der Waals surface area (Å²) in [7, 11) is 0. The number of aliphatic hydroxyl groups excluding tert-OH is 2. The maximum absolute atomic E-state index is 9.71. The number of fused-ring (bicyclic) bond motifs is 1. The molecule has 1 saturated heterocycles. The van der Waals surface area contributed by atoms with Gasteiger partial charge in [-0.05, 0) is 0 Å². The normalized spacial score (nSPS) is 28.0. The fourth-order valence-corrected chi connectivity index (χ4v) is 2.13. The Morgan fingerprint density at radius 2 is 2.28 bits per heavy atom. The number of nitrogens with two attached hydrogens (primary N) is 1. The van der Waals surface area contributed by atoms with Crippen LogP contribution in [0.4, 0.5) is 5.82 Å². The fraction of sp³-hybridized carbons (Fsp3) is 0.500. The summed E-state index contributed by atoms with van der Waals surface area (Å²) in [6.07, 6.45) is 1.60. The van der Waals surface area contributed by atoms with Crippen molar-refractivity contribution in [3.05, 3.63) is 12.7 Å². The number of hydrogen-bond acceptors (Lipinski definition) is 7. The summed E-state index contributed by atoms with van der Waals surface area (Å²) in [5.41, 5.74) is 6.75. The lowest BCUT2D eigenvalue weighted by molar-refractivity contribution is -0.0432. The molecule has 4 N–H and O–H groups in total. The number of rotatable bonds is 2. The fourth-order valence-electron chi connectivity index (χ4n) is 2.13. The maximum Gasteiger partial charge on any atom is 0.167 e. The molecule has 0 aromatic carbocycles. The lowest BCUT2D eigenvalue weighted by atomic mass is 10.4. The summed E-state index contributed by atoms with van der Waals surface area (Å²) in [4.78, 5) is 12.1. The smallest absolute Gasteiger partial charge is 0.167 e. The lowest BCUT2D eigenvalue weighted by Crippen LogP contribution is -2.24. The van der Waals surface area contributed by atoms with Gasteiger partial charge in [0.1, 0.15) is 24.2 Å². The molecule has 0 aliphatic carbocycles. The molecule has 0 amide bonds. The molecule has 18 heavy (non-hydrogen) atoms. The standard InChI is InChI=1S/C10H13N5O3/c11-9-8-10(13-3-12-9)15(4-14-8)7-1-5(17)6(2-16)18-7/h3-7,16-17H,1-2H2,(H2,11,12,13)/t5-,6+,7+/m0/s1/i1+1,2+1,3+1,7+1. The van der Waals surface area contributed by atoms with Crippen LogP contribution in [0.25, 0.3) is 11.2 Å². The Balaban J connectivity index is 1.99. The molecule has 2 aromatic rings. The molecule has 96 valence electrons. The first-order chi connectivity index (χ1) is 8.70. The van der Waals surface area contributed by atoms with Crippen LogP contribution >= 0.6 is 0 Å². The Hall–Kier alpha value is -1.77. The van der Waals surface area contributed by atoms with E-state index in [9.17, 15) is 5.11 Å². The minimum Gasteiger partial charge on any atom is -0.394 e.